The molecule has 94 valence electrons. The Hall–Kier alpha value is -1.59. The van der Waals surface area contributed by atoms with E-state index in [2.05, 4.69) is 15.4 Å². The molecule has 0 spiro atoms. The molecule has 2 aromatic heterocycles. The first kappa shape index (κ1) is 12.9. The highest BCUT2D eigenvalue weighted by Crippen LogP contribution is 2.22. The number of anilines is 1. The van der Waals surface area contributed by atoms with Crippen LogP contribution in [-0.4, -0.2) is 20.7 Å². The third kappa shape index (κ3) is 2.63. The zero-order valence-electron chi connectivity index (χ0n) is 9.52. The van der Waals surface area contributed by atoms with Gasteiger partial charge in [-0.25, -0.2) is 4.98 Å². The molecule has 0 aliphatic rings. The van der Waals surface area contributed by atoms with Crippen molar-refractivity contribution < 1.29 is 4.79 Å². The van der Waals surface area contributed by atoms with Gasteiger partial charge in [0.15, 0.2) is 5.82 Å². The smallest absolute Gasteiger partial charge is 0.275 e. The number of hydrogen-bond donors (Lipinski definition) is 1. The van der Waals surface area contributed by atoms with Gasteiger partial charge < -0.3 is 5.32 Å². The Morgan fingerprint density at radius 2 is 2.28 bits per heavy atom. The van der Waals surface area contributed by atoms with E-state index in [0.29, 0.717) is 22.3 Å². The second kappa shape index (κ2) is 5.37. The van der Waals surface area contributed by atoms with Crippen molar-refractivity contribution in [3.63, 3.8) is 0 Å². The van der Waals surface area contributed by atoms with Gasteiger partial charge >= 0.3 is 0 Å². The third-order valence-electron chi connectivity index (χ3n) is 2.29. The van der Waals surface area contributed by atoms with Crippen LogP contribution in [0, 0.1) is 0 Å². The molecule has 2 heterocycles. The van der Waals surface area contributed by atoms with E-state index in [1.807, 2.05) is 6.92 Å². The van der Waals surface area contributed by atoms with E-state index in [1.54, 1.807) is 16.9 Å². The lowest BCUT2D eigenvalue weighted by atomic mass is 10.3. The van der Waals surface area contributed by atoms with Crippen molar-refractivity contribution in [3.05, 3.63) is 40.3 Å². The van der Waals surface area contributed by atoms with Crippen molar-refractivity contribution >= 4 is 34.9 Å². The van der Waals surface area contributed by atoms with Crippen molar-refractivity contribution in [1.29, 1.82) is 0 Å². The van der Waals surface area contributed by atoms with Crippen molar-refractivity contribution in [2.75, 3.05) is 5.32 Å². The van der Waals surface area contributed by atoms with E-state index in [9.17, 15) is 4.79 Å². The fraction of sp³-hybridized carbons (Fsp3) is 0.182. The summed E-state index contributed by atoms with van der Waals surface area (Å²) in [6.07, 6.45) is 2.98. The lowest BCUT2D eigenvalue weighted by Gasteiger charge is -2.07. The molecule has 0 aromatic carbocycles. The summed E-state index contributed by atoms with van der Waals surface area (Å²) in [5.74, 6) is -0.0407. The van der Waals surface area contributed by atoms with Crippen LogP contribution in [0.1, 0.15) is 17.4 Å². The number of aryl methyl sites for hydroxylation is 1. The molecule has 5 nitrogen and oxygen atoms in total. The number of pyridine rings is 1. The minimum atomic E-state index is -0.314. The van der Waals surface area contributed by atoms with E-state index in [4.69, 9.17) is 23.2 Å². The van der Waals surface area contributed by atoms with Gasteiger partial charge in [0.2, 0.25) is 0 Å². The number of rotatable bonds is 3. The van der Waals surface area contributed by atoms with Crippen LogP contribution in [0.15, 0.2) is 24.5 Å². The number of hydrogen-bond acceptors (Lipinski definition) is 3. The first-order valence-electron chi connectivity index (χ1n) is 5.26. The third-order valence-corrected chi connectivity index (χ3v) is 2.78. The molecular formula is C11H10Cl2N4O. The molecule has 18 heavy (non-hydrogen) atoms. The number of halogens is 2. The largest absolute Gasteiger partial charge is 0.304 e. The van der Waals surface area contributed by atoms with Crippen molar-refractivity contribution in [3.8, 4) is 0 Å². The van der Waals surface area contributed by atoms with Crippen LogP contribution in [0.4, 0.5) is 5.82 Å². The molecule has 1 amide bonds. The van der Waals surface area contributed by atoms with E-state index in [-0.39, 0.29) is 11.7 Å². The first-order valence-corrected chi connectivity index (χ1v) is 6.01. The maximum atomic E-state index is 12.0. The van der Waals surface area contributed by atoms with Gasteiger partial charge in [-0.2, -0.15) is 5.10 Å². The van der Waals surface area contributed by atoms with Crippen LogP contribution in [0.2, 0.25) is 10.0 Å². The lowest BCUT2D eigenvalue weighted by molar-refractivity contribution is 0.101. The second-order valence-electron chi connectivity index (χ2n) is 3.47. The molecule has 0 fully saturated rings. The predicted octanol–water partition coefficient (Wildman–Crippen LogP) is 2.86. The van der Waals surface area contributed by atoms with Crippen molar-refractivity contribution in [1.82, 2.24) is 14.8 Å². The van der Waals surface area contributed by atoms with Crippen molar-refractivity contribution in [2.24, 2.45) is 0 Å². The molecule has 0 bridgehead atoms. The second-order valence-corrected chi connectivity index (χ2v) is 4.31. The maximum Gasteiger partial charge on any atom is 0.275 e. The summed E-state index contributed by atoms with van der Waals surface area (Å²) < 4.78 is 1.58. The summed E-state index contributed by atoms with van der Waals surface area (Å²) in [7, 11) is 0. The van der Waals surface area contributed by atoms with Crippen molar-refractivity contribution in [2.45, 2.75) is 13.5 Å². The van der Waals surface area contributed by atoms with Crippen LogP contribution in [0.3, 0.4) is 0 Å². The minimum absolute atomic E-state index is 0.273. The predicted molar refractivity (Wildman–Crippen MR) is 70.1 cm³/mol. The minimum Gasteiger partial charge on any atom is -0.304 e. The van der Waals surface area contributed by atoms with Crippen LogP contribution in [-0.2, 0) is 6.54 Å². The Labute approximate surface area is 114 Å². The lowest BCUT2D eigenvalue weighted by Crippen LogP contribution is -2.18. The van der Waals surface area contributed by atoms with Crippen LogP contribution in [0.25, 0.3) is 0 Å². The van der Waals surface area contributed by atoms with Gasteiger partial charge in [-0.05, 0) is 19.1 Å². The first-order chi connectivity index (χ1) is 8.61. The molecule has 0 saturated heterocycles. The Morgan fingerprint density at radius 3 is 2.94 bits per heavy atom. The highest BCUT2D eigenvalue weighted by Gasteiger charge is 2.13. The van der Waals surface area contributed by atoms with E-state index < -0.39 is 0 Å². The molecule has 0 unspecified atom stereocenters. The van der Waals surface area contributed by atoms with Gasteiger partial charge in [0.1, 0.15) is 5.69 Å². The standard InChI is InChI=1S/C11H10Cl2N4O/c1-2-17-9(3-4-15-17)11(18)16-10-8(13)5-7(12)6-14-10/h3-6H,2H2,1H3,(H,14,16,18). The monoisotopic (exact) mass is 284 g/mol. The van der Waals surface area contributed by atoms with Crippen LogP contribution in [0.5, 0.6) is 0 Å². The number of amides is 1. The molecule has 2 aromatic rings. The summed E-state index contributed by atoms with van der Waals surface area (Å²) in [6, 6.07) is 3.14. The van der Waals surface area contributed by atoms with Gasteiger partial charge in [0.05, 0.1) is 10.0 Å². The summed E-state index contributed by atoms with van der Waals surface area (Å²) in [5, 5.41) is 7.33. The molecule has 2 rings (SSSR count). The molecule has 0 radical (unpaired) electrons. The average molecular weight is 285 g/mol. The normalized spacial score (nSPS) is 10.4. The zero-order valence-corrected chi connectivity index (χ0v) is 11.0. The summed E-state index contributed by atoms with van der Waals surface area (Å²) >= 11 is 11.7. The highest BCUT2D eigenvalue weighted by atomic mass is 35.5. The maximum absolute atomic E-state index is 12.0. The number of carbonyl (C=O) groups excluding carboxylic acids is 1. The number of aromatic nitrogens is 3. The fourth-order valence-corrected chi connectivity index (χ4v) is 1.88. The Kier molecular flexibility index (Phi) is 3.84. The van der Waals surface area contributed by atoms with Gasteiger partial charge in [0.25, 0.3) is 5.91 Å². The van der Waals surface area contributed by atoms with E-state index >= 15 is 0 Å². The Bertz CT molecular complexity index is 582. The molecule has 7 heteroatoms. The van der Waals surface area contributed by atoms with E-state index in [0.717, 1.165) is 0 Å². The Balaban J connectivity index is 2.21. The topological polar surface area (TPSA) is 59.8 Å². The molecule has 0 saturated carbocycles. The quantitative estimate of drug-likeness (QED) is 0.943. The number of carbonyl (C=O) groups is 1. The van der Waals surface area contributed by atoms with Gasteiger partial charge in [-0.3, -0.25) is 9.48 Å². The van der Waals surface area contributed by atoms with Crippen LogP contribution < -0.4 is 5.32 Å². The van der Waals surface area contributed by atoms with E-state index in [1.165, 1.54) is 12.3 Å². The van der Waals surface area contributed by atoms with Crippen LogP contribution >= 0.6 is 23.2 Å². The SMILES string of the molecule is CCn1nccc1C(=O)Nc1ncc(Cl)cc1Cl. The molecular weight excluding hydrogens is 275 g/mol. The summed E-state index contributed by atoms with van der Waals surface area (Å²) in [4.78, 5) is 15.9. The van der Waals surface area contributed by atoms with Gasteiger partial charge in [0, 0.05) is 18.9 Å². The highest BCUT2D eigenvalue weighted by molar-refractivity contribution is 6.36. The Morgan fingerprint density at radius 1 is 1.50 bits per heavy atom. The molecule has 0 aliphatic heterocycles. The van der Waals surface area contributed by atoms with Gasteiger partial charge in [-0.1, -0.05) is 23.2 Å². The summed E-state index contributed by atoms with van der Waals surface area (Å²) in [6.45, 7) is 2.51. The zero-order chi connectivity index (χ0) is 13.1. The molecule has 0 atom stereocenters. The van der Waals surface area contributed by atoms with Gasteiger partial charge in [-0.15, -0.1) is 0 Å². The molecule has 1 N–H and O–H groups in total. The fourth-order valence-electron chi connectivity index (χ4n) is 1.46. The number of nitrogens with one attached hydrogen (secondary N) is 1. The number of nitrogens with zero attached hydrogens (tertiary/aromatic N) is 3. The average Bonchev–Trinajstić information content (AvgIpc) is 2.81. The molecule has 0 aliphatic carbocycles. The summed E-state index contributed by atoms with van der Waals surface area (Å²) in [5.41, 5.74) is 0.449.